The van der Waals surface area contributed by atoms with Crippen molar-refractivity contribution >= 4 is 5.91 Å². The molecule has 0 saturated carbocycles. The average molecular weight is 271 g/mol. The first-order chi connectivity index (χ1) is 9.78. The van der Waals surface area contributed by atoms with E-state index in [1.54, 1.807) is 6.20 Å². The quantitative estimate of drug-likeness (QED) is 0.811. The number of H-pyrrole nitrogens is 1. The van der Waals surface area contributed by atoms with Crippen LogP contribution in [0.3, 0.4) is 0 Å². The van der Waals surface area contributed by atoms with Crippen molar-refractivity contribution in [2.45, 2.75) is 32.6 Å². The fourth-order valence-corrected chi connectivity index (χ4v) is 2.05. The lowest BCUT2D eigenvalue weighted by molar-refractivity contribution is -0.121. The van der Waals surface area contributed by atoms with Crippen molar-refractivity contribution in [2.75, 3.05) is 6.54 Å². The normalized spacial score (nSPS) is 10.4. The summed E-state index contributed by atoms with van der Waals surface area (Å²) in [5.74, 6) is 0.101. The summed E-state index contributed by atoms with van der Waals surface area (Å²) in [4.78, 5) is 11.7. The van der Waals surface area contributed by atoms with Crippen molar-refractivity contribution in [1.29, 1.82) is 0 Å². The minimum Gasteiger partial charge on any atom is -0.356 e. The summed E-state index contributed by atoms with van der Waals surface area (Å²) < 4.78 is 0. The number of aromatic amines is 1. The number of rotatable bonds is 7. The van der Waals surface area contributed by atoms with E-state index in [2.05, 4.69) is 46.7 Å². The summed E-state index contributed by atoms with van der Waals surface area (Å²) in [6.07, 6.45) is 4.89. The van der Waals surface area contributed by atoms with Crippen LogP contribution in [0.5, 0.6) is 0 Å². The summed E-state index contributed by atoms with van der Waals surface area (Å²) in [6.45, 7) is 2.79. The van der Waals surface area contributed by atoms with Gasteiger partial charge in [0.05, 0.1) is 0 Å². The summed E-state index contributed by atoms with van der Waals surface area (Å²) in [7, 11) is 0. The maximum Gasteiger partial charge on any atom is 0.220 e. The molecule has 1 aromatic carbocycles. The van der Waals surface area contributed by atoms with Crippen LogP contribution in [0.1, 0.15) is 30.2 Å². The van der Waals surface area contributed by atoms with Crippen LogP contribution in [0.15, 0.2) is 36.5 Å². The summed E-state index contributed by atoms with van der Waals surface area (Å²) in [6, 6.07) is 10.4. The monoisotopic (exact) mass is 271 g/mol. The Hall–Kier alpha value is -2.10. The van der Waals surface area contributed by atoms with Gasteiger partial charge in [-0.25, -0.2) is 0 Å². The minimum absolute atomic E-state index is 0.101. The number of hydrogen-bond acceptors (Lipinski definition) is 2. The fourth-order valence-electron chi connectivity index (χ4n) is 2.05. The van der Waals surface area contributed by atoms with E-state index in [9.17, 15) is 4.79 Å². The molecule has 2 rings (SSSR count). The van der Waals surface area contributed by atoms with Gasteiger partial charge in [0.1, 0.15) is 0 Å². The molecule has 20 heavy (non-hydrogen) atoms. The van der Waals surface area contributed by atoms with Gasteiger partial charge in [-0.15, -0.1) is 0 Å². The number of aryl methyl sites for hydroxylation is 2. The Morgan fingerprint density at radius 1 is 1.15 bits per heavy atom. The van der Waals surface area contributed by atoms with E-state index in [0.717, 1.165) is 25.0 Å². The van der Waals surface area contributed by atoms with Gasteiger partial charge in [-0.05, 0) is 30.0 Å². The number of nitrogens with one attached hydrogen (secondary N) is 2. The Morgan fingerprint density at radius 2 is 1.90 bits per heavy atom. The molecule has 0 saturated heterocycles. The van der Waals surface area contributed by atoms with Crippen LogP contribution in [0.2, 0.25) is 0 Å². The zero-order chi connectivity index (χ0) is 14.2. The first-order valence-corrected chi connectivity index (χ1v) is 7.10. The number of aromatic nitrogens is 2. The Bertz CT molecular complexity index is 517. The molecule has 1 amide bonds. The van der Waals surface area contributed by atoms with Gasteiger partial charge in [0.2, 0.25) is 5.91 Å². The lowest BCUT2D eigenvalue weighted by atomic mass is 10.1. The molecule has 0 bridgehead atoms. The van der Waals surface area contributed by atoms with Gasteiger partial charge in [0.25, 0.3) is 0 Å². The van der Waals surface area contributed by atoms with E-state index in [0.29, 0.717) is 13.0 Å². The average Bonchev–Trinajstić information content (AvgIpc) is 2.99. The number of carbonyl (C=O) groups is 1. The first-order valence-electron chi connectivity index (χ1n) is 7.10. The highest BCUT2D eigenvalue weighted by Crippen LogP contribution is 2.07. The smallest absolute Gasteiger partial charge is 0.220 e. The van der Waals surface area contributed by atoms with Crippen LogP contribution in [-0.2, 0) is 24.1 Å². The van der Waals surface area contributed by atoms with Gasteiger partial charge in [-0.1, -0.05) is 31.2 Å². The number of hydrogen-bond donors (Lipinski definition) is 2. The van der Waals surface area contributed by atoms with E-state index >= 15 is 0 Å². The zero-order valence-electron chi connectivity index (χ0n) is 11.9. The molecule has 0 spiro atoms. The topological polar surface area (TPSA) is 57.8 Å². The van der Waals surface area contributed by atoms with E-state index in [4.69, 9.17) is 0 Å². The molecule has 0 unspecified atom stereocenters. The zero-order valence-corrected chi connectivity index (χ0v) is 11.9. The second kappa shape index (κ2) is 7.48. The second-order valence-electron chi connectivity index (χ2n) is 4.85. The third kappa shape index (κ3) is 4.53. The van der Waals surface area contributed by atoms with E-state index in [-0.39, 0.29) is 5.91 Å². The van der Waals surface area contributed by atoms with Crippen molar-refractivity contribution in [1.82, 2.24) is 15.5 Å². The molecule has 1 heterocycles. The maximum atomic E-state index is 11.7. The molecule has 0 aliphatic heterocycles. The Kier molecular flexibility index (Phi) is 5.35. The van der Waals surface area contributed by atoms with E-state index in [1.165, 1.54) is 11.1 Å². The van der Waals surface area contributed by atoms with Crippen molar-refractivity contribution in [3.05, 3.63) is 53.3 Å². The highest BCUT2D eigenvalue weighted by Gasteiger charge is 2.02. The number of benzene rings is 1. The molecule has 0 fully saturated rings. The highest BCUT2D eigenvalue weighted by molar-refractivity contribution is 5.76. The van der Waals surface area contributed by atoms with Crippen LogP contribution in [0, 0.1) is 0 Å². The van der Waals surface area contributed by atoms with Crippen LogP contribution < -0.4 is 5.32 Å². The third-order valence-corrected chi connectivity index (χ3v) is 3.35. The lowest BCUT2D eigenvalue weighted by Crippen LogP contribution is -2.25. The molecule has 1 aromatic heterocycles. The molecular formula is C16H21N3O. The predicted molar refractivity (Wildman–Crippen MR) is 79.4 cm³/mol. The molecule has 0 aliphatic rings. The number of amides is 1. The van der Waals surface area contributed by atoms with Gasteiger partial charge in [0, 0.05) is 31.3 Å². The van der Waals surface area contributed by atoms with Crippen molar-refractivity contribution in [3.63, 3.8) is 0 Å². The van der Waals surface area contributed by atoms with Crippen LogP contribution in [0.25, 0.3) is 0 Å². The van der Waals surface area contributed by atoms with E-state index < -0.39 is 0 Å². The molecule has 2 N–H and O–H groups in total. The first kappa shape index (κ1) is 14.3. The molecule has 0 radical (unpaired) electrons. The van der Waals surface area contributed by atoms with Crippen molar-refractivity contribution in [2.24, 2.45) is 0 Å². The van der Waals surface area contributed by atoms with Crippen LogP contribution in [-0.4, -0.2) is 22.6 Å². The Morgan fingerprint density at radius 3 is 2.55 bits per heavy atom. The number of nitrogens with zero attached hydrogens (tertiary/aromatic N) is 1. The summed E-state index contributed by atoms with van der Waals surface area (Å²) in [5.41, 5.74) is 3.59. The van der Waals surface area contributed by atoms with Gasteiger partial charge in [-0.3, -0.25) is 9.89 Å². The molecule has 106 valence electrons. The maximum absolute atomic E-state index is 11.7. The predicted octanol–water partition coefficient (Wildman–Crippen LogP) is 2.26. The Labute approximate surface area is 119 Å². The van der Waals surface area contributed by atoms with Crippen LogP contribution in [0.4, 0.5) is 0 Å². The van der Waals surface area contributed by atoms with Gasteiger partial charge in [0.15, 0.2) is 0 Å². The standard InChI is InChI=1S/C16H21N3O/c1-2-13-3-5-14(6-4-13)7-8-16(20)17-11-9-15-10-12-18-19-15/h3-6,10,12H,2,7-9,11H2,1H3,(H,17,20)(H,18,19). The molecule has 0 aliphatic carbocycles. The molecule has 0 atom stereocenters. The highest BCUT2D eigenvalue weighted by atomic mass is 16.1. The number of carbonyl (C=O) groups excluding carboxylic acids is 1. The summed E-state index contributed by atoms with van der Waals surface area (Å²) >= 11 is 0. The minimum atomic E-state index is 0.101. The largest absolute Gasteiger partial charge is 0.356 e. The van der Waals surface area contributed by atoms with Crippen LogP contribution >= 0.6 is 0 Å². The molecule has 2 aromatic rings. The molecule has 4 heteroatoms. The van der Waals surface area contributed by atoms with E-state index in [1.807, 2.05) is 6.07 Å². The Balaban J connectivity index is 1.66. The summed E-state index contributed by atoms with van der Waals surface area (Å²) in [5, 5.41) is 9.68. The third-order valence-electron chi connectivity index (χ3n) is 3.35. The fraction of sp³-hybridized carbons (Fsp3) is 0.375. The lowest BCUT2D eigenvalue weighted by Gasteiger charge is -2.05. The van der Waals surface area contributed by atoms with Crippen molar-refractivity contribution < 1.29 is 4.79 Å². The van der Waals surface area contributed by atoms with Gasteiger partial charge >= 0.3 is 0 Å². The molecule has 4 nitrogen and oxygen atoms in total. The van der Waals surface area contributed by atoms with Crippen molar-refractivity contribution in [3.8, 4) is 0 Å². The molecular weight excluding hydrogens is 250 g/mol. The van der Waals surface area contributed by atoms with Gasteiger partial charge < -0.3 is 5.32 Å². The second-order valence-corrected chi connectivity index (χ2v) is 4.85. The SMILES string of the molecule is CCc1ccc(CCC(=O)NCCc2ccn[nH]2)cc1. The van der Waals surface area contributed by atoms with Gasteiger partial charge in [-0.2, -0.15) is 5.10 Å².